The molecule has 1 aliphatic rings. The van der Waals surface area contributed by atoms with Gasteiger partial charge in [0, 0.05) is 22.5 Å². The summed E-state index contributed by atoms with van der Waals surface area (Å²) in [7, 11) is 0. The monoisotopic (exact) mass is 393 g/mol. The number of hydrogen-bond donors (Lipinski definition) is 1. The number of nitrogens with one attached hydrogen (secondary N) is 1. The van der Waals surface area contributed by atoms with Gasteiger partial charge in [-0.2, -0.15) is 0 Å². The molecule has 1 N–H and O–H groups in total. The third-order valence-corrected chi connectivity index (χ3v) is 4.89. The van der Waals surface area contributed by atoms with Crippen molar-refractivity contribution in [3.05, 3.63) is 33.4 Å². The van der Waals surface area contributed by atoms with Crippen LogP contribution in [-0.2, 0) is 6.42 Å². The van der Waals surface area contributed by atoms with Crippen molar-refractivity contribution in [1.29, 1.82) is 0 Å². The molecule has 0 bridgehead atoms. The smallest absolute Gasteiger partial charge is 0.248 e. The normalized spacial score (nSPS) is 20.8. The highest BCUT2D eigenvalue weighted by molar-refractivity contribution is 14.1. The first-order chi connectivity index (χ1) is 9.50. The van der Waals surface area contributed by atoms with Crippen molar-refractivity contribution in [2.75, 3.05) is 6.54 Å². The van der Waals surface area contributed by atoms with Crippen molar-refractivity contribution in [3.8, 4) is 0 Å². The van der Waals surface area contributed by atoms with Crippen molar-refractivity contribution in [3.63, 3.8) is 0 Å². The molecule has 1 unspecified atom stereocenters. The van der Waals surface area contributed by atoms with Crippen molar-refractivity contribution >= 4 is 22.6 Å². The molecule has 1 saturated carbocycles. The number of hydrogen-bond acceptors (Lipinski definition) is 1. The van der Waals surface area contributed by atoms with Crippen molar-refractivity contribution in [2.45, 2.75) is 51.0 Å². The van der Waals surface area contributed by atoms with E-state index in [1.165, 1.54) is 9.13 Å². The fraction of sp³-hybridized carbons (Fsp3) is 0.625. The first-order valence-electron chi connectivity index (χ1n) is 7.36. The Morgan fingerprint density at radius 1 is 1.25 bits per heavy atom. The second kappa shape index (κ2) is 7.16. The van der Waals surface area contributed by atoms with Crippen LogP contribution in [0.4, 0.5) is 8.78 Å². The second-order valence-electron chi connectivity index (χ2n) is 5.69. The van der Waals surface area contributed by atoms with Crippen LogP contribution in [0, 0.1) is 9.49 Å². The van der Waals surface area contributed by atoms with Gasteiger partial charge < -0.3 is 5.32 Å². The van der Waals surface area contributed by atoms with Gasteiger partial charge >= 0.3 is 0 Å². The Hall–Kier alpha value is -0.230. The highest BCUT2D eigenvalue weighted by atomic mass is 127. The standard InChI is InChI=1S/C16H22F2IN/c1-2-20-15(11-12-3-5-14(19)6-4-12)13-7-9-16(17,18)10-8-13/h3-6,13,15,20H,2,7-11H2,1H3. The summed E-state index contributed by atoms with van der Waals surface area (Å²) in [5.41, 5.74) is 1.29. The SMILES string of the molecule is CCNC(Cc1ccc(I)cc1)C1CCC(F)(F)CC1. The zero-order valence-electron chi connectivity index (χ0n) is 11.8. The van der Waals surface area contributed by atoms with Crippen LogP contribution in [-0.4, -0.2) is 18.5 Å². The summed E-state index contributed by atoms with van der Waals surface area (Å²) in [5, 5.41) is 3.50. The Labute approximate surface area is 133 Å². The summed E-state index contributed by atoms with van der Waals surface area (Å²) in [6.07, 6.45) is 2.30. The quantitative estimate of drug-likeness (QED) is 0.719. The number of alkyl halides is 2. The zero-order chi connectivity index (χ0) is 14.6. The molecule has 112 valence electrons. The third-order valence-electron chi connectivity index (χ3n) is 4.17. The first-order valence-corrected chi connectivity index (χ1v) is 8.44. The molecule has 1 nitrogen and oxygen atoms in total. The number of rotatable bonds is 5. The number of likely N-dealkylation sites (N-methyl/N-ethyl adjacent to an activating group) is 1. The fourth-order valence-corrected chi connectivity index (χ4v) is 3.37. The summed E-state index contributed by atoms with van der Waals surface area (Å²) >= 11 is 2.29. The average Bonchev–Trinajstić information content (AvgIpc) is 2.41. The Bertz CT molecular complexity index is 409. The molecule has 1 aliphatic carbocycles. The molecule has 0 aliphatic heterocycles. The minimum absolute atomic E-state index is 0.0479. The molecule has 0 spiro atoms. The van der Waals surface area contributed by atoms with E-state index in [1.807, 2.05) is 0 Å². The van der Waals surface area contributed by atoms with Crippen LogP contribution in [0.25, 0.3) is 0 Å². The maximum atomic E-state index is 13.3. The van der Waals surface area contributed by atoms with Crippen LogP contribution >= 0.6 is 22.6 Å². The average molecular weight is 393 g/mol. The summed E-state index contributed by atoms with van der Waals surface area (Å²) in [6, 6.07) is 8.81. The van der Waals surface area contributed by atoms with Gasteiger partial charge in [0.05, 0.1) is 0 Å². The van der Waals surface area contributed by atoms with Crippen LogP contribution in [0.15, 0.2) is 24.3 Å². The predicted molar refractivity (Wildman–Crippen MR) is 87.2 cm³/mol. The Morgan fingerprint density at radius 3 is 2.40 bits per heavy atom. The van der Waals surface area contributed by atoms with E-state index in [4.69, 9.17) is 0 Å². The number of benzene rings is 1. The van der Waals surface area contributed by atoms with Gasteiger partial charge in [-0.1, -0.05) is 19.1 Å². The van der Waals surface area contributed by atoms with Crippen molar-refractivity contribution in [2.24, 2.45) is 5.92 Å². The van der Waals surface area contributed by atoms with E-state index in [1.54, 1.807) is 0 Å². The van der Waals surface area contributed by atoms with Crippen LogP contribution in [0.5, 0.6) is 0 Å². The van der Waals surface area contributed by atoms with Gasteiger partial charge in [0.1, 0.15) is 0 Å². The molecule has 0 radical (unpaired) electrons. The highest BCUT2D eigenvalue weighted by Gasteiger charge is 2.37. The van der Waals surface area contributed by atoms with Gasteiger partial charge in [0.15, 0.2) is 0 Å². The van der Waals surface area contributed by atoms with Crippen molar-refractivity contribution < 1.29 is 8.78 Å². The topological polar surface area (TPSA) is 12.0 Å². The van der Waals surface area contributed by atoms with E-state index >= 15 is 0 Å². The van der Waals surface area contributed by atoms with Gasteiger partial charge in [0.25, 0.3) is 0 Å². The molecule has 1 aromatic carbocycles. The highest BCUT2D eigenvalue weighted by Crippen LogP contribution is 2.38. The van der Waals surface area contributed by atoms with E-state index in [0.717, 1.165) is 13.0 Å². The maximum absolute atomic E-state index is 13.3. The second-order valence-corrected chi connectivity index (χ2v) is 6.93. The number of halogens is 3. The van der Waals surface area contributed by atoms with Gasteiger partial charge in [-0.3, -0.25) is 0 Å². The van der Waals surface area contributed by atoms with Crippen LogP contribution < -0.4 is 5.32 Å². The molecule has 0 amide bonds. The largest absolute Gasteiger partial charge is 0.314 e. The molecule has 1 aromatic rings. The molecular weight excluding hydrogens is 371 g/mol. The van der Waals surface area contributed by atoms with Gasteiger partial charge in [-0.25, -0.2) is 8.78 Å². The molecule has 2 rings (SSSR count). The lowest BCUT2D eigenvalue weighted by atomic mass is 9.80. The van der Waals surface area contributed by atoms with Gasteiger partial charge in [-0.05, 0) is 72.0 Å². The predicted octanol–water partition coefficient (Wildman–Crippen LogP) is 4.64. The van der Waals surface area contributed by atoms with Crippen LogP contribution in [0.2, 0.25) is 0 Å². The molecule has 0 saturated heterocycles. The minimum atomic E-state index is -2.43. The lowest BCUT2D eigenvalue weighted by Crippen LogP contribution is -2.41. The molecular formula is C16H22F2IN. The van der Waals surface area contributed by atoms with E-state index in [2.05, 4.69) is 59.1 Å². The van der Waals surface area contributed by atoms with E-state index in [0.29, 0.717) is 24.8 Å². The Kier molecular flexibility index (Phi) is 5.78. The fourth-order valence-electron chi connectivity index (χ4n) is 3.01. The van der Waals surface area contributed by atoms with E-state index in [-0.39, 0.29) is 12.8 Å². The molecule has 1 fully saturated rings. The third kappa shape index (κ3) is 4.65. The van der Waals surface area contributed by atoms with Crippen molar-refractivity contribution in [1.82, 2.24) is 5.32 Å². The summed E-state index contributed by atoms with van der Waals surface area (Å²) in [6.45, 7) is 2.97. The molecule has 1 atom stereocenters. The van der Waals surface area contributed by atoms with Gasteiger partial charge in [0.2, 0.25) is 5.92 Å². The van der Waals surface area contributed by atoms with E-state index in [9.17, 15) is 8.78 Å². The maximum Gasteiger partial charge on any atom is 0.248 e. The summed E-state index contributed by atoms with van der Waals surface area (Å²) in [4.78, 5) is 0. The lowest BCUT2D eigenvalue weighted by molar-refractivity contribution is -0.0494. The minimum Gasteiger partial charge on any atom is -0.314 e. The molecule has 4 heteroatoms. The molecule has 0 aromatic heterocycles. The molecule has 20 heavy (non-hydrogen) atoms. The summed E-state index contributed by atoms with van der Waals surface area (Å²) in [5.74, 6) is -2.07. The van der Waals surface area contributed by atoms with Crippen LogP contribution in [0.3, 0.4) is 0 Å². The van der Waals surface area contributed by atoms with Crippen LogP contribution in [0.1, 0.15) is 38.2 Å². The zero-order valence-corrected chi connectivity index (χ0v) is 14.0. The van der Waals surface area contributed by atoms with Gasteiger partial charge in [-0.15, -0.1) is 0 Å². The lowest BCUT2D eigenvalue weighted by Gasteiger charge is -2.34. The van der Waals surface area contributed by atoms with E-state index < -0.39 is 5.92 Å². The molecule has 0 heterocycles. The Morgan fingerprint density at radius 2 is 1.85 bits per heavy atom. The summed E-state index contributed by atoms with van der Waals surface area (Å²) < 4.78 is 27.8. The first kappa shape index (κ1) is 16.1. The Balaban J connectivity index is 1.98.